The Balaban J connectivity index is 1.88. The number of anilines is 1. The molecule has 1 aromatic rings. The van der Waals surface area contributed by atoms with Gasteiger partial charge in [0.1, 0.15) is 6.10 Å². The Kier molecular flexibility index (Phi) is 2.53. The summed E-state index contributed by atoms with van der Waals surface area (Å²) in [5.41, 5.74) is 0.718. The minimum absolute atomic E-state index is 0.191. The molecule has 1 N–H and O–H groups in total. The number of hydrogen-bond donors (Lipinski definition) is 1. The average molecular weight is 249 g/mol. The number of carbonyl (C=O) groups is 2. The maximum Gasteiger partial charge on any atom is 0.335 e. The molecule has 94 valence electrons. The molecule has 0 saturated carbocycles. The standard InChI is InChI=1S/C12H11NO5/c14-10-12-17-8(9(18-12)11(15)16)6-13(10)7-4-2-1-3-5-7/h1-5,8-9,12H,6H2,(H,15,16)/t8-,9-,12+/m1/s1. The number of aliphatic carboxylic acids is 1. The third kappa shape index (κ3) is 1.66. The molecule has 3 atom stereocenters. The maximum absolute atomic E-state index is 12.0. The molecule has 1 amide bonds. The number of ether oxygens (including phenoxy) is 2. The van der Waals surface area contributed by atoms with Gasteiger partial charge in [-0.15, -0.1) is 0 Å². The van der Waals surface area contributed by atoms with Gasteiger partial charge < -0.3 is 19.5 Å². The van der Waals surface area contributed by atoms with E-state index in [9.17, 15) is 9.59 Å². The predicted octanol–water partition coefficient (Wildman–Crippen LogP) is 0.228. The lowest BCUT2D eigenvalue weighted by Crippen LogP contribution is -2.49. The Bertz CT molecular complexity index is 489. The monoisotopic (exact) mass is 249 g/mol. The van der Waals surface area contributed by atoms with Gasteiger partial charge >= 0.3 is 5.97 Å². The number of amides is 1. The highest BCUT2D eigenvalue weighted by molar-refractivity contribution is 5.97. The quantitative estimate of drug-likeness (QED) is 0.811. The van der Waals surface area contributed by atoms with Crippen LogP contribution in [0.15, 0.2) is 30.3 Å². The van der Waals surface area contributed by atoms with Gasteiger partial charge in [-0.05, 0) is 12.1 Å². The Labute approximate surface area is 103 Å². The first-order valence-corrected chi connectivity index (χ1v) is 5.57. The number of hydrogen-bond acceptors (Lipinski definition) is 4. The van der Waals surface area contributed by atoms with E-state index in [0.29, 0.717) is 0 Å². The molecule has 18 heavy (non-hydrogen) atoms. The highest BCUT2D eigenvalue weighted by Crippen LogP contribution is 2.30. The van der Waals surface area contributed by atoms with Gasteiger partial charge in [0.2, 0.25) is 6.29 Å². The fraction of sp³-hybridized carbons (Fsp3) is 0.333. The smallest absolute Gasteiger partial charge is 0.335 e. The predicted molar refractivity (Wildman–Crippen MR) is 60.0 cm³/mol. The van der Waals surface area contributed by atoms with Crippen LogP contribution in [0.25, 0.3) is 0 Å². The lowest BCUT2D eigenvalue weighted by atomic mass is 10.1. The lowest BCUT2D eigenvalue weighted by Gasteiger charge is -2.30. The van der Waals surface area contributed by atoms with E-state index >= 15 is 0 Å². The van der Waals surface area contributed by atoms with Crippen molar-refractivity contribution in [2.45, 2.75) is 18.5 Å². The second kappa shape index (κ2) is 4.08. The molecule has 0 aliphatic carbocycles. The third-order valence-electron chi connectivity index (χ3n) is 3.05. The van der Waals surface area contributed by atoms with Crippen molar-refractivity contribution < 1.29 is 24.2 Å². The van der Waals surface area contributed by atoms with E-state index in [1.807, 2.05) is 18.2 Å². The first-order chi connectivity index (χ1) is 8.66. The number of fused-ring (bicyclic) bond motifs is 2. The number of morpholine rings is 1. The molecule has 0 radical (unpaired) electrons. The zero-order chi connectivity index (χ0) is 12.7. The Morgan fingerprint density at radius 2 is 2.00 bits per heavy atom. The minimum atomic E-state index is -1.11. The topological polar surface area (TPSA) is 76.1 Å². The molecular weight excluding hydrogens is 238 g/mol. The number of rotatable bonds is 2. The van der Waals surface area contributed by atoms with Gasteiger partial charge in [0.15, 0.2) is 6.10 Å². The van der Waals surface area contributed by atoms with Crippen LogP contribution in [0.3, 0.4) is 0 Å². The number of carboxylic acids is 1. The fourth-order valence-electron chi connectivity index (χ4n) is 2.19. The summed E-state index contributed by atoms with van der Waals surface area (Å²) < 4.78 is 10.3. The molecule has 6 nitrogen and oxygen atoms in total. The van der Waals surface area contributed by atoms with E-state index in [0.717, 1.165) is 5.69 Å². The second-order valence-corrected chi connectivity index (χ2v) is 4.19. The Morgan fingerprint density at radius 1 is 1.28 bits per heavy atom. The SMILES string of the molecule is O=C(O)[C@@H]1O[C@@H]2O[C@@H]1CN(c1ccccc1)C2=O. The molecule has 2 aliphatic heterocycles. The summed E-state index contributed by atoms with van der Waals surface area (Å²) in [5, 5.41) is 8.97. The van der Waals surface area contributed by atoms with Gasteiger partial charge in [-0.3, -0.25) is 4.79 Å². The van der Waals surface area contributed by atoms with Gasteiger partial charge in [0.05, 0.1) is 6.54 Å². The van der Waals surface area contributed by atoms with Crippen LogP contribution in [0.5, 0.6) is 0 Å². The average Bonchev–Trinajstić information content (AvgIpc) is 2.74. The van der Waals surface area contributed by atoms with Crippen molar-refractivity contribution in [1.82, 2.24) is 0 Å². The summed E-state index contributed by atoms with van der Waals surface area (Å²) in [7, 11) is 0. The number of carboxylic acid groups (broad SMARTS) is 1. The second-order valence-electron chi connectivity index (χ2n) is 4.19. The van der Waals surface area contributed by atoms with Gasteiger partial charge in [-0.1, -0.05) is 18.2 Å². The highest BCUT2D eigenvalue weighted by Gasteiger charge is 2.50. The van der Waals surface area contributed by atoms with Gasteiger partial charge in [-0.25, -0.2) is 4.79 Å². The first kappa shape index (κ1) is 11.2. The number of nitrogens with zero attached hydrogens (tertiary/aromatic N) is 1. The highest BCUT2D eigenvalue weighted by atomic mass is 16.7. The molecule has 2 saturated heterocycles. The largest absolute Gasteiger partial charge is 0.479 e. The van der Waals surface area contributed by atoms with Gasteiger partial charge in [0.25, 0.3) is 5.91 Å². The van der Waals surface area contributed by atoms with Crippen molar-refractivity contribution in [3.63, 3.8) is 0 Å². The zero-order valence-corrected chi connectivity index (χ0v) is 9.35. The summed E-state index contributed by atoms with van der Waals surface area (Å²) in [6.45, 7) is 0.191. The van der Waals surface area contributed by atoms with Crippen LogP contribution in [-0.4, -0.2) is 42.0 Å². The van der Waals surface area contributed by atoms with E-state index < -0.39 is 24.5 Å². The molecule has 3 rings (SSSR count). The Hall–Kier alpha value is -1.92. The van der Waals surface area contributed by atoms with E-state index in [4.69, 9.17) is 14.6 Å². The summed E-state index contributed by atoms with van der Waals surface area (Å²) in [4.78, 5) is 24.5. The first-order valence-electron chi connectivity index (χ1n) is 5.57. The van der Waals surface area contributed by atoms with Crippen molar-refractivity contribution in [2.24, 2.45) is 0 Å². The molecule has 2 heterocycles. The van der Waals surface area contributed by atoms with Crippen LogP contribution in [0.4, 0.5) is 5.69 Å². The summed E-state index contributed by atoms with van der Waals surface area (Å²) in [6.07, 6.45) is -2.80. The maximum atomic E-state index is 12.0. The normalized spacial score (nSPS) is 30.6. The van der Waals surface area contributed by atoms with Crippen LogP contribution in [-0.2, 0) is 19.1 Å². The fourth-order valence-corrected chi connectivity index (χ4v) is 2.19. The van der Waals surface area contributed by atoms with Crippen LogP contribution >= 0.6 is 0 Å². The van der Waals surface area contributed by atoms with Crippen molar-refractivity contribution in [2.75, 3.05) is 11.4 Å². The van der Waals surface area contributed by atoms with E-state index in [1.54, 1.807) is 12.1 Å². The molecule has 6 heteroatoms. The van der Waals surface area contributed by atoms with Crippen molar-refractivity contribution in [3.05, 3.63) is 30.3 Å². The Morgan fingerprint density at radius 3 is 2.67 bits per heavy atom. The van der Waals surface area contributed by atoms with Crippen molar-refractivity contribution in [3.8, 4) is 0 Å². The van der Waals surface area contributed by atoms with Crippen LogP contribution in [0.2, 0.25) is 0 Å². The molecule has 0 aromatic heterocycles. The minimum Gasteiger partial charge on any atom is -0.479 e. The molecule has 2 bridgehead atoms. The molecule has 2 aliphatic rings. The van der Waals surface area contributed by atoms with E-state index in [1.165, 1.54) is 4.90 Å². The molecule has 0 spiro atoms. The van der Waals surface area contributed by atoms with Gasteiger partial charge in [0, 0.05) is 5.69 Å². The van der Waals surface area contributed by atoms with Crippen molar-refractivity contribution in [1.29, 1.82) is 0 Å². The molecule has 1 aromatic carbocycles. The molecular formula is C12H11NO5. The number of para-hydroxylation sites is 1. The molecule has 0 unspecified atom stereocenters. The van der Waals surface area contributed by atoms with Crippen LogP contribution in [0, 0.1) is 0 Å². The number of benzene rings is 1. The van der Waals surface area contributed by atoms with Crippen LogP contribution in [0.1, 0.15) is 0 Å². The van der Waals surface area contributed by atoms with E-state index in [2.05, 4.69) is 0 Å². The zero-order valence-electron chi connectivity index (χ0n) is 9.35. The van der Waals surface area contributed by atoms with Crippen LogP contribution < -0.4 is 4.90 Å². The van der Waals surface area contributed by atoms with Gasteiger partial charge in [-0.2, -0.15) is 0 Å². The molecule has 2 fully saturated rings. The number of carbonyl (C=O) groups excluding carboxylic acids is 1. The summed E-state index contributed by atoms with van der Waals surface area (Å²) in [5.74, 6) is -1.47. The summed E-state index contributed by atoms with van der Waals surface area (Å²) in [6, 6.07) is 9.06. The third-order valence-corrected chi connectivity index (χ3v) is 3.05. The van der Waals surface area contributed by atoms with E-state index in [-0.39, 0.29) is 12.5 Å². The summed E-state index contributed by atoms with van der Waals surface area (Å²) >= 11 is 0. The lowest BCUT2D eigenvalue weighted by molar-refractivity contribution is -0.157. The van der Waals surface area contributed by atoms with Crippen molar-refractivity contribution >= 4 is 17.6 Å².